The molecule has 30 heavy (non-hydrogen) atoms. The molecule has 154 valence electrons. The molecule has 0 aliphatic heterocycles. The summed E-state index contributed by atoms with van der Waals surface area (Å²) in [5.74, 6) is -0.292. The van der Waals surface area contributed by atoms with Gasteiger partial charge in [0.1, 0.15) is 0 Å². The number of nitrogens with one attached hydrogen (secondary N) is 2. The van der Waals surface area contributed by atoms with Gasteiger partial charge in [0.2, 0.25) is 0 Å². The van der Waals surface area contributed by atoms with Gasteiger partial charge in [-0.25, -0.2) is 0 Å². The second-order valence-electron chi connectivity index (χ2n) is 7.39. The molecular formula is C23H22Cl2N4O. The number of aromatic amines is 1. The van der Waals surface area contributed by atoms with E-state index in [2.05, 4.69) is 21.5 Å². The van der Waals surface area contributed by atoms with Gasteiger partial charge in [0.25, 0.3) is 5.91 Å². The average molecular weight is 441 g/mol. The van der Waals surface area contributed by atoms with E-state index in [0.29, 0.717) is 27.8 Å². The maximum atomic E-state index is 13.0. The van der Waals surface area contributed by atoms with Crippen LogP contribution in [0.1, 0.15) is 38.8 Å². The second kappa shape index (κ2) is 8.17. The molecule has 2 aromatic carbocycles. The molecule has 1 amide bonds. The fourth-order valence-electron chi connectivity index (χ4n) is 3.94. The number of H-pyrrole nitrogens is 1. The quantitative estimate of drug-likeness (QED) is 0.437. The fraction of sp³-hybridized carbons (Fsp3) is 0.217. The van der Waals surface area contributed by atoms with Gasteiger partial charge in [0.05, 0.1) is 11.3 Å². The zero-order valence-corrected chi connectivity index (χ0v) is 18.5. The first kappa shape index (κ1) is 20.5. The van der Waals surface area contributed by atoms with Crippen molar-refractivity contribution in [2.75, 3.05) is 6.54 Å². The van der Waals surface area contributed by atoms with Crippen LogP contribution in [0, 0.1) is 13.8 Å². The molecular weight excluding hydrogens is 419 g/mol. The first-order valence-corrected chi connectivity index (χ1v) is 10.4. The number of benzene rings is 2. The summed E-state index contributed by atoms with van der Waals surface area (Å²) >= 11 is 12.7. The number of amides is 1. The molecule has 0 saturated carbocycles. The van der Waals surface area contributed by atoms with Crippen LogP contribution in [0.5, 0.6) is 0 Å². The summed E-state index contributed by atoms with van der Waals surface area (Å²) < 4.78 is 1.72. The minimum absolute atomic E-state index is 0.145. The Hall–Kier alpha value is -2.76. The minimum Gasteiger partial charge on any atom is -0.361 e. The van der Waals surface area contributed by atoms with Gasteiger partial charge in [0, 0.05) is 52.3 Å². The largest absolute Gasteiger partial charge is 0.361 e. The normalized spacial score (nSPS) is 12.3. The zero-order chi connectivity index (χ0) is 21.4. The summed E-state index contributed by atoms with van der Waals surface area (Å²) in [5.41, 5.74) is 5.16. The van der Waals surface area contributed by atoms with E-state index in [0.717, 1.165) is 27.7 Å². The topological polar surface area (TPSA) is 62.7 Å². The molecule has 0 aliphatic carbocycles. The monoisotopic (exact) mass is 440 g/mol. The smallest absolute Gasteiger partial charge is 0.255 e. The van der Waals surface area contributed by atoms with Crippen LogP contribution in [0.3, 0.4) is 0 Å². The van der Waals surface area contributed by atoms with Crippen molar-refractivity contribution in [1.29, 1.82) is 0 Å². The lowest BCUT2D eigenvalue weighted by Gasteiger charge is -2.20. The van der Waals surface area contributed by atoms with E-state index in [1.807, 2.05) is 57.4 Å². The molecule has 2 N–H and O–H groups in total. The maximum Gasteiger partial charge on any atom is 0.255 e. The van der Waals surface area contributed by atoms with Gasteiger partial charge in [-0.2, -0.15) is 5.10 Å². The van der Waals surface area contributed by atoms with Crippen molar-refractivity contribution in [1.82, 2.24) is 20.1 Å². The number of fused-ring (bicyclic) bond motifs is 1. The summed E-state index contributed by atoms with van der Waals surface area (Å²) in [6.07, 6.45) is 1.98. The van der Waals surface area contributed by atoms with Crippen molar-refractivity contribution in [2.45, 2.75) is 19.8 Å². The minimum atomic E-state index is -0.146. The number of para-hydroxylation sites is 1. The first-order chi connectivity index (χ1) is 14.4. The Morgan fingerprint density at radius 2 is 1.93 bits per heavy atom. The molecule has 0 fully saturated rings. The van der Waals surface area contributed by atoms with Crippen LogP contribution in [0.15, 0.2) is 48.7 Å². The predicted molar refractivity (Wildman–Crippen MR) is 122 cm³/mol. The van der Waals surface area contributed by atoms with Crippen LogP contribution in [0.4, 0.5) is 0 Å². The Labute approximate surface area is 185 Å². The van der Waals surface area contributed by atoms with Crippen LogP contribution in [0.25, 0.3) is 10.9 Å². The molecule has 0 saturated heterocycles. The standard InChI is InChI=1S/C23H22Cl2N4O/c1-13-22(14(2)29(3)28-13)23(30)27-12-18(16-9-8-15(24)10-20(16)25)19-11-26-21-7-5-4-6-17(19)21/h4-11,18,26H,12H2,1-3H3,(H,27,30). The highest BCUT2D eigenvalue weighted by atomic mass is 35.5. The van der Waals surface area contributed by atoms with Gasteiger partial charge in [0.15, 0.2) is 0 Å². The number of carbonyl (C=O) groups excluding carboxylic acids is 1. The van der Waals surface area contributed by atoms with Crippen LogP contribution < -0.4 is 5.32 Å². The molecule has 7 heteroatoms. The van der Waals surface area contributed by atoms with Crippen LogP contribution in [-0.4, -0.2) is 27.2 Å². The van der Waals surface area contributed by atoms with Crippen molar-refractivity contribution in [3.05, 3.63) is 86.8 Å². The molecule has 0 spiro atoms. The second-order valence-corrected chi connectivity index (χ2v) is 8.23. The molecule has 2 aromatic heterocycles. The van der Waals surface area contributed by atoms with E-state index in [-0.39, 0.29) is 11.8 Å². The van der Waals surface area contributed by atoms with Crippen molar-refractivity contribution in [3.63, 3.8) is 0 Å². The molecule has 0 aliphatic rings. The summed E-state index contributed by atoms with van der Waals surface area (Å²) in [6.45, 7) is 4.12. The third-order valence-electron chi connectivity index (χ3n) is 5.54. The van der Waals surface area contributed by atoms with Gasteiger partial charge in [-0.15, -0.1) is 0 Å². The van der Waals surface area contributed by atoms with Crippen LogP contribution in [-0.2, 0) is 7.05 Å². The molecule has 4 aromatic rings. The number of rotatable bonds is 5. The lowest BCUT2D eigenvalue weighted by atomic mass is 9.90. The number of halogens is 2. The molecule has 0 bridgehead atoms. The molecule has 1 unspecified atom stereocenters. The zero-order valence-electron chi connectivity index (χ0n) is 17.0. The van der Waals surface area contributed by atoms with Crippen LogP contribution in [0.2, 0.25) is 10.0 Å². The number of aromatic nitrogens is 3. The van der Waals surface area contributed by atoms with Gasteiger partial charge >= 0.3 is 0 Å². The van der Waals surface area contributed by atoms with E-state index in [1.54, 1.807) is 10.7 Å². The van der Waals surface area contributed by atoms with Crippen molar-refractivity contribution in [3.8, 4) is 0 Å². The number of hydrogen-bond donors (Lipinski definition) is 2. The summed E-state index contributed by atoms with van der Waals surface area (Å²) in [6, 6.07) is 13.6. The molecule has 2 heterocycles. The molecule has 5 nitrogen and oxygen atoms in total. The summed E-state index contributed by atoms with van der Waals surface area (Å²) in [4.78, 5) is 16.3. The van der Waals surface area contributed by atoms with E-state index >= 15 is 0 Å². The first-order valence-electron chi connectivity index (χ1n) is 9.66. The van der Waals surface area contributed by atoms with Gasteiger partial charge in [-0.1, -0.05) is 47.5 Å². The van der Waals surface area contributed by atoms with E-state index in [4.69, 9.17) is 23.2 Å². The molecule has 0 radical (unpaired) electrons. The Kier molecular flexibility index (Phi) is 5.58. The van der Waals surface area contributed by atoms with Crippen LogP contribution >= 0.6 is 23.2 Å². The maximum absolute atomic E-state index is 13.0. The molecule has 1 atom stereocenters. The van der Waals surface area contributed by atoms with Gasteiger partial charge in [-0.05, 0) is 43.2 Å². The Morgan fingerprint density at radius 3 is 2.63 bits per heavy atom. The predicted octanol–water partition coefficient (Wildman–Crippen LogP) is 5.39. The van der Waals surface area contributed by atoms with Crippen molar-refractivity contribution < 1.29 is 4.79 Å². The Bertz CT molecular complexity index is 1240. The third-order valence-corrected chi connectivity index (χ3v) is 6.10. The SMILES string of the molecule is Cc1nn(C)c(C)c1C(=O)NCC(c1ccc(Cl)cc1Cl)c1c[nH]c2ccccc12. The summed E-state index contributed by atoms with van der Waals surface area (Å²) in [5, 5.41) is 9.68. The highest BCUT2D eigenvalue weighted by Crippen LogP contribution is 2.35. The van der Waals surface area contributed by atoms with E-state index in [9.17, 15) is 4.79 Å². The van der Waals surface area contributed by atoms with Gasteiger partial charge < -0.3 is 10.3 Å². The Morgan fingerprint density at radius 1 is 1.17 bits per heavy atom. The summed E-state index contributed by atoms with van der Waals surface area (Å²) in [7, 11) is 1.83. The number of aryl methyl sites for hydroxylation is 2. The van der Waals surface area contributed by atoms with Gasteiger partial charge in [-0.3, -0.25) is 9.48 Å². The number of carbonyl (C=O) groups is 1. The number of hydrogen-bond acceptors (Lipinski definition) is 2. The molecule has 4 rings (SSSR count). The van der Waals surface area contributed by atoms with Crippen molar-refractivity contribution >= 4 is 40.0 Å². The number of nitrogens with zero attached hydrogens (tertiary/aromatic N) is 2. The highest BCUT2D eigenvalue weighted by molar-refractivity contribution is 6.35. The fourth-order valence-corrected chi connectivity index (χ4v) is 4.48. The van der Waals surface area contributed by atoms with E-state index in [1.165, 1.54) is 0 Å². The van der Waals surface area contributed by atoms with E-state index < -0.39 is 0 Å². The lowest BCUT2D eigenvalue weighted by Crippen LogP contribution is -2.29. The Balaban J connectivity index is 1.72. The van der Waals surface area contributed by atoms with Crippen molar-refractivity contribution in [2.24, 2.45) is 7.05 Å². The average Bonchev–Trinajstić information content (AvgIpc) is 3.24. The third kappa shape index (κ3) is 3.71. The highest BCUT2D eigenvalue weighted by Gasteiger charge is 2.23. The lowest BCUT2D eigenvalue weighted by molar-refractivity contribution is 0.0951.